The molecule has 0 spiro atoms. The smallest absolute Gasteiger partial charge is 0.309 e. The van der Waals surface area contributed by atoms with Crippen molar-refractivity contribution in [2.75, 3.05) is 0 Å². The number of aryl methyl sites for hydroxylation is 1. The van der Waals surface area contributed by atoms with Crippen molar-refractivity contribution in [1.82, 2.24) is 4.98 Å². The second-order valence-corrected chi connectivity index (χ2v) is 6.24. The molecule has 0 aliphatic carbocycles. The molecule has 3 nitrogen and oxygen atoms in total. The van der Waals surface area contributed by atoms with Crippen LogP contribution in [0.5, 0.6) is 0 Å². The fourth-order valence-corrected chi connectivity index (χ4v) is 2.61. The van der Waals surface area contributed by atoms with Crippen LogP contribution in [0.15, 0.2) is 42.5 Å². The Balaban J connectivity index is 1.94. The third kappa shape index (κ3) is 2.51. The molecule has 21 heavy (non-hydrogen) atoms. The number of fused-ring (bicyclic) bond motifs is 3. The van der Waals surface area contributed by atoms with E-state index in [1.54, 1.807) is 13.8 Å². The van der Waals surface area contributed by atoms with Gasteiger partial charge in [-0.1, -0.05) is 24.3 Å². The summed E-state index contributed by atoms with van der Waals surface area (Å²) in [6.45, 7) is 3.55. The van der Waals surface area contributed by atoms with E-state index in [4.69, 9.17) is 0 Å². The summed E-state index contributed by atoms with van der Waals surface area (Å²) in [5, 5.41) is 11.6. The van der Waals surface area contributed by atoms with Crippen molar-refractivity contribution < 1.29 is 9.90 Å². The first-order valence-corrected chi connectivity index (χ1v) is 7.20. The Morgan fingerprint density at radius 1 is 1.10 bits per heavy atom. The zero-order valence-electron chi connectivity index (χ0n) is 12.3. The van der Waals surface area contributed by atoms with E-state index in [1.807, 2.05) is 12.1 Å². The molecule has 0 saturated carbocycles. The number of H-pyrrole nitrogens is 1. The number of aromatic nitrogens is 1. The highest BCUT2D eigenvalue weighted by Crippen LogP contribution is 2.28. The van der Waals surface area contributed by atoms with Crippen LogP contribution in [0.2, 0.25) is 0 Å². The number of aromatic amines is 1. The zero-order valence-corrected chi connectivity index (χ0v) is 12.3. The van der Waals surface area contributed by atoms with E-state index in [9.17, 15) is 9.90 Å². The number of hydrogen-bond donors (Lipinski definition) is 2. The fourth-order valence-electron chi connectivity index (χ4n) is 2.61. The number of carboxylic acid groups (broad SMARTS) is 1. The largest absolute Gasteiger partial charge is 0.481 e. The average molecular weight is 281 g/mol. The molecule has 0 amide bonds. The molecule has 3 aromatic rings. The summed E-state index contributed by atoms with van der Waals surface area (Å²) in [5.41, 5.74) is 2.75. The summed E-state index contributed by atoms with van der Waals surface area (Å²) in [6.07, 6.45) is 1.41. The molecule has 2 N–H and O–H groups in total. The van der Waals surface area contributed by atoms with Crippen molar-refractivity contribution in [3.8, 4) is 0 Å². The van der Waals surface area contributed by atoms with Crippen molar-refractivity contribution in [2.45, 2.75) is 26.7 Å². The van der Waals surface area contributed by atoms with Gasteiger partial charge < -0.3 is 10.1 Å². The lowest BCUT2D eigenvalue weighted by Crippen LogP contribution is -2.24. The third-order valence-corrected chi connectivity index (χ3v) is 4.19. The second-order valence-electron chi connectivity index (χ2n) is 6.24. The highest BCUT2D eigenvalue weighted by molar-refractivity contribution is 6.07. The minimum atomic E-state index is -0.740. The maximum absolute atomic E-state index is 11.2. The normalized spacial score (nSPS) is 12.1. The van der Waals surface area contributed by atoms with Crippen LogP contribution in [-0.2, 0) is 11.2 Å². The van der Waals surface area contributed by atoms with E-state index in [0.717, 1.165) is 17.5 Å². The van der Waals surface area contributed by atoms with E-state index in [2.05, 4.69) is 35.3 Å². The van der Waals surface area contributed by atoms with E-state index in [-0.39, 0.29) is 0 Å². The number of hydrogen-bond acceptors (Lipinski definition) is 1. The van der Waals surface area contributed by atoms with Crippen molar-refractivity contribution >= 4 is 27.8 Å². The highest BCUT2D eigenvalue weighted by atomic mass is 16.4. The Morgan fingerprint density at radius 3 is 2.57 bits per heavy atom. The molecule has 0 saturated heterocycles. The fraction of sp³-hybridized carbons (Fsp3) is 0.278. The van der Waals surface area contributed by atoms with Crippen LogP contribution in [0.3, 0.4) is 0 Å². The van der Waals surface area contributed by atoms with Crippen LogP contribution in [-0.4, -0.2) is 16.1 Å². The van der Waals surface area contributed by atoms with Gasteiger partial charge >= 0.3 is 5.97 Å². The van der Waals surface area contributed by atoms with Gasteiger partial charge in [-0.3, -0.25) is 4.79 Å². The van der Waals surface area contributed by atoms with Crippen LogP contribution < -0.4 is 0 Å². The molecule has 0 aliphatic heterocycles. The van der Waals surface area contributed by atoms with E-state index >= 15 is 0 Å². The van der Waals surface area contributed by atoms with Crippen molar-refractivity contribution in [1.29, 1.82) is 0 Å². The third-order valence-electron chi connectivity index (χ3n) is 4.19. The Hall–Kier alpha value is -2.29. The van der Waals surface area contributed by atoms with Crippen LogP contribution in [0.1, 0.15) is 25.8 Å². The van der Waals surface area contributed by atoms with Gasteiger partial charge in [0.15, 0.2) is 0 Å². The van der Waals surface area contributed by atoms with Gasteiger partial charge in [0.25, 0.3) is 0 Å². The summed E-state index contributed by atoms with van der Waals surface area (Å²) >= 11 is 0. The molecule has 0 bridgehead atoms. The van der Waals surface area contributed by atoms with E-state index in [1.165, 1.54) is 16.3 Å². The lowest BCUT2D eigenvalue weighted by molar-refractivity contribution is -0.147. The minimum Gasteiger partial charge on any atom is -0.481 e. The number of benzene rings is 2. The van der Waals surface area contributed by atoms with Crippen molar-refractivity contribution in [3.63, 3.8) is 0 Å². The zero-order chi connectivity index (χ0) is 15.0. The predicted molar refractivity (Wildman–Crippen MR) is 85.5 cm³/mol. The van der Waals surface area contributed by atoms with Gasteiger partial charge in [-0.2, -0.15) is 0 Å². The Labute approximate surface area is 123 Å². The summed E-state index contributed by atoms with van der Waals surface area (Å²) in [4.78, 5) is 14.6. The van der Waals surface area contributed by atoms with Gasteiger partial charge in [0.2, 0.25) is 0 Å². The minimum absolute atomic E-state index is 0.635. The first kappa shape index (κ1) is 13.7. The number of para-hydroxylation sites is 1. The van der Waals surface area contributed by atoms with Crippen LogP contribution in [0, 0.1) is 5.41 Å². The summed E-state index contributed by atoms with van der Waals surface area (Å²) in [7, 11) is 0. The topological polar surface area (TPSA) is 53.1 Å². The average Bonchev–Trinajstić information content (AvgIpc) is 2.83. The first-order chi connectivity index (χ1) is 9.97. The number of carboxylic acids is 1. The van der Waals surface area contributed by atoms with E-state index in [0.29, 0.717) is 6.42 Å². The van der Waals surface area contributed by atoms with Gasteiger partial charge in [0.05, 0.1) is 5.41 Å². The van der Waals surface area contributed by atoms with Crippen LogP contribution in [0.25, 0.3) is 21.8 Å². The SMILES string of the molecule is CC(C)(CCc1ccc2[nH]c3ccccc3c2c1)C(=O)O. The Morgan fingerprint density at radius 2 is 1.81 bits per heavy atom. The lowest BCUT2D eigenvalue weighted by Gasteiger charge is -2.18. The first-order valence-electron chi connectivity index (χ1n) is 7.20. The summed E-state index contributed by atoms with van der Waals surface area (Å²) in [6, 6.07) is 14.6. The van der Waals surface area contributed by atoms with Crippen LogP contribution in [0.4, 0.5) is 0 Å². The second kappa shape index (κ2) is 4.92. The van der Waals surface area contributed by atoms with Gasteiger partial charge in [0, 0.05) is 21.8 Å². The molecule has 0 radical (unpaired) electrons. The van der Waals surface area contributed by atoms with Gasteiger partial charge in [0.1, 0.15) is 0 Å². The van der Waals surface area contributed by atoms with Crippen LogP contribution >= 0.6 is 0 Å². The predicted octanol–water partition coefficient (Wildman–Crippen LogP) is 4.36. The van der Waals surface area contributed by atoms with Crippen molar-refractivity contribution in [2.24, 2.45) is 5.41 Å². The molecular weight excluding hydrogens is 262 g/mol. The maximum atomic E-state index is 11.2. The Kier molecular flexibility index (Phi) is 3.20. The molecule has 0 aliphatic rings. The summed E-state index contributed by atoms with van der Waals surface area (Å²) in [5.74, 6) is -0.740. The molecule has 108 valence electrons. The number of aliphatic carboxylic acids is 1. The highest BCUT2D eigenvalue weighted by Gasteiger charge is 2.26. The Bertz CT molecular complexity index is 814. The molecule has 1 aromatic heterocycles. The maximum Gasteiger partial charge on any atom is 0.309 e. The molecule has 0 atom stereocenters. The van der Waals surface area contributed by atoms with Gasteiger partial charge in [-0.05, 0) is 50.5 Å². The molecule has 0 unspecified atom stereocenters. The molecule has 0 fully saturated rings. The number of carbonyl (C=O) groups is 1. The number of nitrogens with one attached hydrogen (secondary N) is 1. The number of rotatable bonds is 4. The lowest BCUT2D eigenvalue weighted by atomic mass is 9.86. The molecule has 3 rings (SSSR count). The van der Waals surface area contributed by atoms with Gasteiger partial charge in [-0.15, -0.1) is 0 Å². The van der Waals surface area contributed by atoms with E-state index < -0.39 is 11.4 Å². The molecule has 2 aromatic carbocycles. The van der Waals surface area contributed by atoms with Crippen molar-refractivity contribution in [3.05, 3.63) is 48.0 Å². The van der Waals surface area contributed by atoms with Gasteiger partial charge in [-0.25, -0.2) is 0 Å². The molecule has 3 heteroatoms. The quantitative estimate of drug-likeness (QED) is 0.746. The molecule has 1 heterocycles. The molecular formula is C18H19NO2. The summed E-state index contributed by atoms with van der Waals surface area (Å²) < 4.78 is 0. The monoisotopic (exact) mass is 281 g/mol. The standard InChI is InChI=1S/C18H19NO2/c1-18(2,17(20)21)10-9-12-7-8-16-14(11-12)13-5-3-4-6-15(13)19-16/h3-8,11,19H,9-10H2,1-2H3,(H,20,21).